The minimum atomic E-state index is -0.00101. The number of furan rings is 1. The number of aromatic hydroxyl groups is 1. The summed E-state index contributed by atoms with van der Waals surface area (Å²) in [5, 5.41) is 15.6. The van der Waals surface area contributed by atoms with Gasteiger partial charge in [0.05, 0.1) is 17.2 Å². The van der Waals surface area contributed by atoms with Gasteiger partial charge in [-0.1, -0.05) is 48.1 Å². The molecule has 1 aliphatic rings. The van der Waals surface area contributed by atoms with E-state index < -0.39 is 0 Å². The summed E-state index contributed by atoms with van der Waals surface area (Å²) < 4.78 is 6.93. The number of piperidine rings is 1. The molecule has 1 saturated heterocycles. The van der Waals surface area contributed by atoms with Gasteiger partial charge in [0, 0.05) is 6.54 Å². The van der Waals surface area contributed by atoms with Crippen molar-refractivity contribution in [2.75, 3.05) is 13.1 Å². The number of aryl methyl sites for hydroxylation is 1. The first-order chi connectivity index (χ1) is 14.1. The van der Waals surface area contributed by atoms with E-state index in [4.69, 9.17) is 4.42 Å². The number of hydrogen-bond donors (Lipinski definition) is 1. The number of nitrogens with zero attached hydrogens (tertiary/aromatic N) is 4. The third-order valence-corrected chi connectivity index (χ3v) is 6.71. The Labute approximate surface area is 173 Å². The molecule has 3 aromatic heterocycles. The molecule has 0 amide bonds. The standard InChI is InChI=1S/C22H24N4O2S/c1-14-7-9-16(10-8-14)18(25-11-3-5-15(2)13-25)19-21(27)26-22(29-19)23-20(24-26)17-6-4-12-28-17/h4,6-10,12,15,18,27H,3,5,11,13H2,1-2H3/t15-,18+/m1/s1. The maximum Gasteiger partial charge on any atom is 0.230 e. The highest BCUT2D eigenvalue weighted by atomic mass is 32.1. The van der Waals surface area contributed by atoms with E-state index in [1.807, 2.05) is 6.07 Å². The molecule has 7 heteroatoms. The lowest BCUT2D eigenvalue weighted by atomic mass is 9.95. The molecule has 0 bridgehead atoms. The van der Waals surface area contributed by atoms with E-state index in [0.717, 1.165) is 18.0 Å². The van der Waals surface area contributed by atoms with E-state index in [2.05, 4.69) is 53.1 Å². The third-order valence-electron chi connectivity index (χ3n) is 5.64. The Kier molecular flexibility index (Phi) is 4.64. The molecule has 1 aromatic carbocycles. The highest BCUT2D eigenvalue weighted by Gasteiger charge is 2.32. The number of aromatic nitrogens is 3. The molecule has 1 N–H and O–H groups in total. The number of benzene rings is 1. The summed E-state index contributed by atoms with van der Waals surface area (Å²) >= 11 is 1.50. The molecular formula is C22H24N4O2S. The highest BCUT2D eigenvalue weighted by molar-refractivity contribution is 7.17. The van der Waals surface area contributed by atoms with Gasteiger partial charge in [-0.05, 0) is 49.9 Å². The Morgan fingerprint density at radius 3 is 2.76 bits per heavy atom. The van der Waals surface area contributed by atoms with E-state index in [1.54, 1.807) is 12.3 Å². The van der Waals surface area contributed by atoms with Crippen LogP contribution in [-0.2, 0) is 0 Å². The molecule has 0 saturated carbocycles. The normalized spacial score (nSPS) is 19.0. The van der Waals surface area contributed by atoms with E-state index in [1.165, 1.54) is 39.8 Å². The van der Waals surface area contributed by atoms with Gasteiger partial charge in [0.1, 0.15) is 0 Å². The van der Waals surface area contributed by atoms with Gasteiger partial charge in [0.25, 0.3) is 0 Å². The summed E-state index contributed by atoms with van der Waals surface area (Å²) in [5.41, 5.74) is 2.42. The zero-order valence-corrected chi connectivity index (χ0v) is 17.4. The molecule has 5 rings (SSSR count). The van der Waals surface area contributed by atoms with Crippen LogP contribution < -0.4 is 0 Å². The van der Waals surface area contributed by atoms with Crippen LogP contribution >= 0.6 is 11.3 Å². The lowest BCUT2D eigenvalue weighted by Crippen LogP contribution is -2.37. The van der Waals surface area contributed by atoms with Crippen molar-refractivity contribution in [1.82, 2.24) is 19.5 Å². The van der Waals surface area contributed by atoms with Crippen LogP contribution in [0.25, 0.3) is 16.5 Å². The van der Waals surface area contributed by atoms with Crippen molar-refractivity contribution in [2.45, 2.75) is 32.7 Å². The average Bonchev–Trinajstić information content (AvgIpc) is 3.43. The van der Waals surface area contributed by atoms with Gasteiger partial charge in [-0.2, -0.15) is 9.50 Å². The summed E-state index contributed by atoms with van der Waals surface area (Å²) in [5.74, 6) is 1.90. The lowest BCUT2D eigenvalue weighted by Gasteiger charge is -2.37. The van der Waals surface area contributed by atoms with Crippen LogP contribution in [0.1, 0.15) is 41.8 Å². The second-order valence-corrected chi connectivity index (χ2v) is 8.96. The molecule has 1 fully saturated rings. The topological polar surface area (TPSA) is 66.8 Å². The van der Waals surface area contributed by atoms with Crippen molar-refractivity contribution < 1.29 is 9.52 Å². The Hall–Kier alpha value is -2.64. The van der Waals surface area contributed by atoms with Crippen LogP contribution in [0.4, 0.5) is 0 Å². The van der Waals surface area contributed by atoms with Crippen LogP contribution in [0.3, 0.4) is 0 Å². The van der Waals surface area contributed by atoms with Crippen molar-refractivity contribution >= 4 is 16.3 Å². The first-order valence-electron chi connectivity index (χ1n) is 10.0. The molecule has 2 atom stereocenters. The highest BCUT2D eigenvalue weighted by Crippen LogP contribution is 2.41. The van der Waals surface area contributed by atoms with Crippen molar-refractivity contribution in [2.24, 2.45) is 5.92 Å². The third kappa shape index (κ3) is 3.34. The molecule has 0 spiro atoms. The summed E-state index contributed by atoms with van der Waals surface area (Å²) in [6, 6.07) is 12.2. The molecule has 0 unspecified atom stereocenters. The number of hydrogen-bond acceptors (Lipinski definition) is 6. The Balaban J connectivity index is 1.59. The van der Waals surface area contributed by atoms with Crippen LogP contribution in [0, 0.1) is 12.8 Å². The monoisotopic (exact) mass is 408 g/mol. The molecule has 0 radical (unpaired) electrons. The lowest BCUT2D eigenvalue weighted by molar-refractivity contribution is 0.149. The Morgan fingerprint density at radius 2 is 2.07 bits per heavy atom. The van der Waals surface area contributed by atoms with Crippen LogP contribution in [0.2, 0.25) is 0 Å². The van der Waals surface area contributed by atoms with Crippen molar-refractivity contribution in [3.8, 4) is 17.5 Å². The largest absolute Gasteiger partial charge is 0.492 e. The maximum absolute atomic E-state index is 11.1. The SMILES string of the molecule is Cc1ccc([C@@H](c2sc3nc(-c4ccco4)nn3c2O)N2CCC[C@@H](C)C2)cc1. The zero-order chi connectivity index (χ0) is 20.0. The predicted molar refractivity (Wildman–Crippen MR) is 113 cm³/mol. The predicted octanol–water partition coefficient (Wildman–Crippen LogP) is 4.89. The van der Waals surface area contributed by atoms with Gasteiger partial charge >= 0.3 is 0 Å². The molecule has 1 aliphatic heterocycles. The summed E-state index contributed by atoms with van der Waals surface area (Å²) in [7, 11) is 0. The summed E-state index contributed by atoms with van der Waals surface area (Å²) in [6.45, 7) is 6.44. The van der Waals surface area contributed by atoms with Gasteiger partial charge in [-0.25, -0.2) is 0 Å². The zero-order valence-electron chi connectivity index (χ0n) is 16.6. The second kappa shape index (κ2) is 7.31. The number of rotatable bonds is 4. The summed E-state index contributed by atoms with van der Waals surface area (Å²) in [4.78, 5) is 8.63. The second-order valence-electron chi connectivity index (χ2n) is 7.95. The molecule has 29 heavy (non-hydrogen) atoms. The Morgan fingerprint density at radius 1 is 1.24 bits per heavy atom. The maximum atomic E-state index is 11.1. The molecule has 6 nitrogen and oxygen atoms in total. The van der Waals surface area contributed by atoms with Crippen molar-refractivity contribution in [3.63, 3.8) is 0 Å². The number of thiazole rings is 1. The van der Waals surface area contributed by atoms with Gasteiger partial charge in [-0.3, -0.25) is 4.90 Å². The molecular weight excluding hydrogens is 384 g/mol. The number of fused-ring (bicyclic) bond motifs is 1. The fourth-order valence-electron chi connectivity index (χ4n) is 4.18. The fourth-order valence-corrected chi connectivity index (χ4v) is 5.29. The quantitative estimate of drug-likeness (QED) is 0.521. The van der Waals surface area contributed by atoms with E-state index in [0.29, 0.717) is 22.5 Å². The molecule has 4 aromatic rings. The minimum absolute atomic E-state index is 0.00101. The summed E-state index contributed by atoms with van der Waals surface area (Å²) in [6.07, 6.45) is 4.03. The minimum Gasteiger partial charge on any atom is -0.492 e. The first-order valence-corrected chi connectivity index (χ1v) is 10.8. The van der Waals surface area contributed by atoms with Crippen molar-refractivity contribution in [1.29, 1.82) is 0 Å². The van der Waals surface area contributed by atoms with Crippen molar-refractivity contribution in [3.05, 3.63) is 58.7 Å². The van der Waals surface area contributed by atoms with E-state index in [-0.39, 0.29) is 11.9 Å². The fraction of sp³-hybridized carbons (Fsp3) is 0.364. The van der Waals surface area contributed by atoms with Gasteiger partial charge in [0.2, 0.25) is 16.7 Å². The molecule has 4 heterocycles. The smallest absolute Gasteiger partial charge is 0.230 e. The van der Waals surface area contributed by atoms with Gasteiger partial charge in [0.15, 0.2) is 5.76 Å². The van der Waals surface area contributed by atoms with E-state index >= 15 is 0 Å². The average molecular weight is 409 g/mol. The molecule has 0 aliphatic carbocycles. The number of likely N-dealkylation sites (tertiary alicyclic amines) is 1. The van der Waals surface area contributed by atoms with Gasteiger partial charge < -0.3 is 9.52 Å². The van der Waals surface area contributed by atoms with Crippen LogP contribution in [0.15, 0.2) is 47.1 Å². The Bertz CT molecular complexity index is 1110. The molecule has 150 valence electrons. The first kappa shape index (κ1) is 18.4. The van der Waals surface area contributed by atoms with E-state index in [9.17, 15) is 5.11 Å². The van der Waals surface area contributed by atoms with Gasteiger partial charge in [-0.15, -0.1) is 5.10 Å². The van der Waals surface area contributed by atoms with Crippen LogP contribution in [0.5, 0.6) is 5.88 Å². The van der Waals surface area contributed by atoms with Crippen LogP contribution in [-0.4, -0.2) is 37.7 Å².